The van der Waals surface area contributed by atoms with Gasteiger partial charge in [0.25, 0.3) is 0 Å². The third-order valence-electron chi connectivity index (χ3n) is 9.10. The predicted molar refractivity (Wildman–Crippen MR) is 141 cm³/mol. The summed E-state index contributed by atoms with van der Waals surface area (Å²) < 4.78 is 5.78. The highest BCUT2D eigenvalue weighted by molar-refractivity contribution is 5.88. The first kappa shape index (κ1) is 26.9. The SMILES string of the molecule is CC1Nc2cc([C@H]3CC(=O)C[C@H](O)C(C)(C)C(=O)[C@H](C)[C@@H](O)[C@@H](C)/C=C/CC4(C)CC4C3)ccc2O1. The summed E-state index contributed by atoms with van der Waals surface area (Å²) >= 11 is 0. The lowest BCUT2D eigenvalue weighted by molar-refractivity contribution is -0.142. The van der Waals surface area contributed by atoms with E-state index in [1.165, 1.54) is 0 Å². The molecule has 1 aliphatic heterocycles. The van der Waals surface area contributed by atoms with Gasteiger partial charge >= 0.3 is 0 Å². The summed E-state index contributed by atoms with van der Waals surface area (Å²) in [5.41, 5.74) is 1.10. The van der Waals surface area contributed by atoms with Gasteiger partial charge in [0, 0.05) is 24.7 Å². The molecule has 36 heavy (non-hydrogen) atoms. The molecule has 2 aliphatic carbocycles. The molecule has 6 nitrogen and oxygen atoms in total. The highest BCUT2D eigenvalue weighted by atomic mass is 16.5. The lowest BCUT2D eigenvalue weighted by Gasteiger charge is -2.34. The zero-order chi connectivity index (χ0) is 26.4. The minimum atomic E-state index is -1.13. The van der Waals surface area contributed by atoms with Crippen LogP contribution in [0.4, 0.5) is 5.69 Å². The molecule has 0 aromatic heterocycles. The van der Waals surface area contributed by atoms with Crippen LogP contribution in [-0.2, 0) is 9.59 Å². The molecule has 0 spiro atoms. The molecule has 6 heteroatoms. The lowest BCUT2D eigenvalue weighted by atomic mass is 9.72. The van der Waals surface area contributed by atoms with E-state index in [1.54, 1.807) is 20.8 Å². The van der Waals surface area contributed by atoms with Crippen LogP contribution in [0, 0.1) is 28.6 Å². The molecule has 4 rings (SSSR count). The first-order valence-electron chi connectivity index (χ1n) is 13.5. The Kier molecular flexibility index (Phi) is 7.42. The van der Waals surface area contributed by atoms with Gasteiger partial charge in [0.2, 0.25) is 0 Å². The number of ketones is 2. The number of allylic oxidation sites excluding steroid dienone is 1. The standard InChI is InChI=1S/C30H43NO5/c1-17-8-7-11-30(6)16-22(30)12-21(20-9-10-25-24(14-20)31-19(3)36-25)13-23(32)15-26(33)29(4,5)28(35)18(2)27(17)34/h7-10,14,17-19,21-22,26-27,31,33-34H,11-13,15-16H2,1-6H3/b8-7+/t17-,18+,19?,21+,22?,26-,27-,30?/m0/s1. The summed E-state index contributed by atoms with van der Waals surface area (Å²) in [5.74, 6) is 0.297. The Morgan fingerprint density at radius 2 is 1.78 bits per heavy atom. The fraction of sp³-hybridized carbons (Fsp3) is 0.667. The average Bonchev–Trinajstić information content (AvgIpc) is 3.28. The highest BCUT2D eigenvalue weighted by Gasteiger charge is 2.50. The van der Waals surface area contributed by atoms with E-state index in [0.717, 1.165) is 36.3 Å². The maximum Gasteiger partial charge on any atom is 0.167 e. The number of carbonyl (C=O) groups is 2. The summed E-state index contributed by atoms with van der Waals surface area (Å²) in [6.45, 7) is 11.3. The number of nitrogens with one attached hydrogen (secondary N) is 1. The van der Waals surface area contributed by atoms with Crippen molar-refractivity contribution in [3.63, 3.8) is 0 Å². The number of benzene rings is 1. The maximum atomic E-state index is 13.3. The number of Topliss-reactive ketones (excluding diaryl/α,β-unsaturated/α-hetero) is 2. The molecule has 0 radical (unpaired) electrons. The van der Waals surface area contributed by atoms with Gasteiger partial charge in [-0.15, -0.1) is 0 Å². The number of carbonyl (C=O) groups excluding carboxylic acids is 2. The van der Waals surface area contributed by atoms with Crippen molar-refractivity contribution < 1.29 is 24.5 Å². The van der Waals surface area contributed by atoms with Gasteiger partial charge in [0.15, 0.2) is 6.23 Å². The molecule has 1 aromatic rings. The second-order valence-electron chi connectivity index (χ2n) is 12.5. The number of hydrogen-bond acceptors (Lipinski definition) is 6. The van der Waals surface area contributed by atoms with E-state index in [4.69, 9.17) is 4.74 Å². The molecule has 3 N–H and O–H groups in total. The molecule has 1 fully saturated rings. The summed E-state index contributed by atoms with van der Waals surface area (Å²) in [6, 6.07) is 6.14. The van der Waals surface area contributed by atoms with Crippen LogP contribution in [0.2, 0.25) is 0 Å². The van der Waals surface area contributed by atoms with E-state index < -0.39 is 23.5 Å². The summed E-state index contributed by atoms with van der Waals surface area (Å²) in [7, 11) is 0. The third-order valence-corrected chi connectivity index (χ3v) is 9.10. The lowest BCUT2D eigenvalue weighted by Crippen LogP contribution is -2.45. The van der Waals surface area contributed by atoms with Gasteiger partial charge in [-0.2, -0.15) is 0 Å². The van der Waals surface area contributed by atoms with E-state index in [0.29, 0.717) is 12.3 Å². The van der Waals surface area contributed by atoms with Crippen LogP contribution in [0.25, 0.3) is 0 Å². The largest absolute Gasteiger partial charge is 0.469 e. The van der Waals surface area contributed by atoms with Crippen molar-refractivity contribution >= 4 is 17.3 Å². The molecule has 8 atom stereocenters. The normalized spacial score (nSPS) is 39.9. The molecule has 1 saturated carbocycles. The predicted octanol–water partition coefficient (Wildman–Crippen LogP) is 5.24. The van der Waals surface area contributed by atoms with Crippen LogP contribution < -0.4 is 10.1 Å². The number of aliphatic hydroxyl groups is 2. The molecular weight excluding hydrogens is 454 g/mol. The van der Waals surface area contributed by atoms with Crippen LogP contribution in [0.3, 0.4) is 0 Å². The Balaban J connectivity index is 1.62. The van der Waals surface area contributed by atoms with E-state index in [-0.39, 0.29) is 41.5 Å². The minimum Gasteiger partial charge on any atom is -0.469 e. The third kappa shape index (κ3) is 5.40. The molecule has 1 heterocycles. The average molecular weight is 498 g/mol. The summed E-state index contributed by atoms with van der Waals surface area (Å²) in [4.78, 5) is 26.6. The number of anilines is 1. The number of rotatable bonds is 1. The fourth-order valence-corrected chi connectivity index (χ4v) is 6.11. The highest BCUT2D eigenvalue weighted by Crippen LogP contribution is 2.59. The van der Waals surface area contributed by atoms with Gasteiger partial charge in [-0.25, -0.2) is 0 Å². The van der Waals surface area contributed by atoms with Crippen molar-refractivity contribution in [2.24, 2.45) is 28.6 Å². The molecule has 198 valence electrons. The summed E-state index contributed by atoms with van der Waals surface area (Å²) in [5, 5.41) is 25.2. The summed E-state index contributed by atoms with van der Waals surface area (Å²) in [6.07, 6.45) is 5.33. The van der Waals surface area contributed by atoms with Crippen LogP contribution in [0.1, 0.15) is 85.1 Å². The second kappa shape index (κ2) is 9.94. The first-order chi connectivity index (χ1) is 16.8. The van der Waals surface area contributed by atoms with E-state index >= 15 is 0 Å². The Morgan fingerprint density at radius 1 is 1.06 bits per heavy atom. The number of hydrogen-bond donors (Lipinski definition) is 3. The van der Waals surface area contributed by atoms with Crippen LogP contribution in [0.5, 0.6) is 5.75 Å². The fourth-order valence-electron chi connectivity index (χ4n) is 6.11. The Bertz CT molecular complexity index is 1030. The van der Waals surface area contributed by atoms with Crippen LogP contribution in [-0.4, -0.2) is 40.2 Å². The van der Waals surface area contributed by atoms with Gasteiger partial charge < -0.3 is 20.3 Å². The quantitative estimate of drug-likeness (QED) is 0.460. The molecule has 3 unspecified atom stereocenters. The zero-order valence-electron chi connectivity index (χ0n) is 22.6. The molecular formula is C30H43NO5. The first-order valence-corrected chi connectivity index (χ1v) is 13.5. The Hall–Kier alpha value is -2.18. The Morgan fingerprint density at radius 3 is 2.50 bits per heavy atom. The number of ether oxygens (including phenoxy) is 1. The molecule has 0 saturated heterocycles. The van der Waals surface area contributed by atoms with Gasteiger partial charge in [-0.05, 0) is 61.1 Å². The molecule has 1 aromatic carbocycles. The molecule has 3 aliphatic rings. The van der Waals surface area contributed by atoms with E-state index in [2.05, 4.69) is 30.4 Å². The van der Waals surface area contributed by atoms with Crippen molar-refractivity contribution in [3.8, 4) is 5.75 Å². The second-order valence-corrected chi connectivity index (χ2v) is 12.5. The van der Waals surface area contributed by atoms with E-state index in [1.807, 2.05) is 26.0 Å². The van der Waals surface area contributed by atoms with Crippen molar-refractivity contribution in [1.29, 1.82) is 0 Å². The monoisotopic (exact) mass is 497 g/mol. The van der Waals surface area contributed by atoms with Crippen molar-refractivity contribution in [3.05, 3.63) is 35.9 Å². The maximum absolute atomic E-state index is 13.3. The zero-order valence-corrected chi connectivity index (χ0v) is 22.6. The van der Waals surface area contributed by atoms with Gasteiger partial charge in [0.05, 0.1) is 23.3 Å². The van der Waals surface area contributed by atoms with Gasteiger partial charge in [0.1, 0.15) is 17.3 Å². The van der Waals surface area contributed by atoms with Crippen molar-refractivity contribution in [2.45, 2.75) is 98.0 Å². The van der Waals surface area contributed by atoms with Crippen LogP contribution >= 0.6 is 0 Å². The molecule has 0 amide bonds. The number of fused-ring (bicyclic) bond motifs is 2. The minimum absolute atomic E-state index is 0.0369. The van der Waals surface area contributed by atoms with Crippen LogP contribution in [0.15, 0.2) is 30.4 Å². The topological polar surface area (TPSA) is 95.9 Å². The Labute approximate surface area is 215 Å². The van der Waals surface area contributed by atoms with Gasteiger partial charge in [-0.3, -0.25) is 9.59 Å². The smallest absolute Gasteiger partial charge is 0.167 e. The number of aliphatic hydroxyl groups excluding tert-OH is 2. The van der Waals surface area contributed by atoms with E-state index in [9.17, 15) is 19.8 Å². The van der Waals surface area contributed by atoms with Crippen molar-refractivity contribution in [2.75, 3.05) is 5.32 Å². The van der Waals surface area contributed by atoms with Gasteiger partial charge in [-0.1, -0.05) is 52.8 Å². The molecule has 0 bridgehead atoms. The van der Waals surface area contributed by atoms with Crippen molar-refractivity contribution in [1.82, 2.24) is 0 Å².